The number of methoxy groups -OCH3 is 1. The van der Waals surface area contributed by atoms with Gasteiger partial charge >= 0.3 is 0 Å². The highest BCUT2D eigenvalue weighted by Crippen LogP contribution is 2.12. The van der Waals surface area contributed by atoms with E-state index in [1.165, 1.54) is 12.0 Å². The maximum absolute atomic E-state index is 5.17. The van der Waals surface area contributed by atoms with E-state index >= 15 is 0 Å². The van der Waals surface area contributed by atoms with Gasteiger partial charge in [0.25, 0.3) is 0 Å². The molecule has 0 saturated heterocycles. The topological polar surface area (TPSA) is 24.5 Å². The molecule has 19 heavy (non-hydrogen) atoms. The molecule has 0 bridgehead atoms. The van der Waals surface area contributed by atoms with Crippen molar-refractivity contribution >= 4 is 0 Å². The van der Waals surface area contributed by atoms with Gasteiger partial charge in [0.05, 0.1) is 7.11 Å². The van der Waals surface area contributed by atoms with E-state index in [-0.39, 0.29) is 0 Å². The van der Waals surface area contributed by atoms with Gasteiger partial charge in [0.2, 0.25) is 0 Å². The monoisotopic (exact) mass is 264 g/mol. The van der Waals surface area contributed by atoms with Crippen LogP contribution in [0.25, 0.3) is 0 Å². The van der Waals surface area contributed by atoms with Crippen LogP contribution in [-0.4, -0.2) is 45.7 Å². The van der Waals surface area contributed by atoms with Gasteiger partial charge in [-0.3, -0.25) is 0 Å². The number of nitrogens with one attached hydrogen (secondary N) is 1. The van der Waals surface area contributed by atoms with Crippen LogP contribution in [0.15, 0.2) is 24.3 Å². The third-order valence-electron chi connectivity index (χ3n) is 3.58. The molecule has 0 aliphatic heterocycles. The van der Waals surface area contributed by atoms with Gasteiger partial charge in [-0.2, -0.15) is 0 Å². The summed E-state index contributed by atoms with van der Waals surface area (Å²) in [5.41, 5.74) is 1.37. The second kappa shape index (κ2) is 8.94. The van der Waals surface area contributed by atoms with E-state index in [0.717, 1.165) is 37.7 Å². The minimum Gasteiger partial charge on any atom is -0.497 e. The molecule has 3 heteroatoms. The lowest BCUT2D eigenvalue weighted by molar-refractivity contribution is 0.271. The lowest BCUT2D eigenvalue weighted by Gasteiger charge is -2.23. The summed E-state index contributed by atoms with van der Waals surface area (Å²) in [6, 6.07) is 8.37. The van der Waals surface area contributed by atoms with Crippen LogP contribution in [0.4, 0.5) is 0 Å². The van der Waals surface area contributed by atoms with Crippen LogP contribution in [-0.2, 0) is 6.42 Å². The van der Waals surface area contributed by atoms with Crippen molar-refractivity contribution in [3.8, 4) is 5.75 Å². The number of rotatable bonds is 9. The highest BCUT2D eigenvalue weighted by molar-refractivity contribution is 5.27. The smallest absolute Gasteiger partial charge is 0.118 e. The Labute approximate surface area is 118 Å². The third kappa shape index (κ3) is 6.08. The first-order valence-electron chi connectivity index (χ1n) is 7.15. The fourth-order valence-electron chi connectivity index (χ4n) is 2.27. The average molecular weight is 264 g/mol. The molecule has 108 valence electrons. The van der Waals surface area contributed by atoms with Crippen molar-refractivity contribution < 1.29 is 4.74 Å². The molecular formula is C16H28N2O. The van der Waals surface area contributed by atoms with Gasteiger partial charge in [-0.25, -0.2) is 0 Å². The minimum absolute atomic E-state index is 0.742. The Bertz CT molecular complexity index is 337. The van der Waals surface area contributed by atoms with Crippen LogP contribution in [0.3, 0.4) is 0 Å². The summed E-state index contributed by atoms with van der Waals surface area (Å²) in [6.45, 7) is 5.63. The van der Waals surface area contributed by atoms with Gasteiger partial charge < -0.3 is 15.0 Å². The highest BCUT2D eigenvalue weighted by Gasteiger charge is 2.08. The van der Waals surface area contributed by atoms with Crippen LogP contribution < -0.4 is 10.1 Å². The fourth-order valence-corrected chi connectivity index (χ4v) is 2.27. The molecule has 3 nitrogen and oxygen atoms in total. The first-order chi connectivity index (χ1) is 9.19. The van der Waals surface area contributed by atoms with Gasteiger partial charge in [0, 0.05) is 13.1 Å². The minimum atomic E-state index is 0.742. The molecule has 0 saturated carbocycles. The van der Waals surface area contributed by atoms with Crippen LogP contribution in [0.5, 0.6) is 5.75 Å². The number of likely N-dealkylation sites (N-methyl/N-ethyl adjacent to an activating group) is 1. The predicted octanol–water partition coefficient (Wildman–Crippen LogP) is 2.42. The lowest BCUT2D eigenvalue weighted by atomic mass is 10.1. The summed E-state index contributed by atoms with van der Waals surface area (Å²) >= 11 is 0. The van der Waals surface area contributed by atoms with E-state index in [2.05, 4.69) is 36.3 Å². The Balaban J connectivity index is 2.33. The normalized spacial score (nSPS) is 12.7. The Morgan fingerprint density at radius 1 is 1.26 bits per heavy atom. The molecule has 1 unspecified atom stereocenters. The molecule has 0 fully saturated rings. The summed E-state index contributed by atoms with van der Waals surface area (Å²) in [5.74, 6) is 1.67. The molecule has 0 amide bonds. The van der Waals surface area contributed by atoms with Gasteiger partial charge in [-0.05, 0) is 50.7 Å². The van der Waals surface area contributed by atoms with Crippen molar-refractivity contribution in [2.45, 2.75) is 19.8 Å². The number of ether oxygens (including phenoxy) is 1. The predicted molar refractivity (Wildman–Crippen MR) is 81.9 cm³/mol. The summed E-state index contributed by atoms with van der Waals surface area (Å²) < 4.78 is 5.17. The number of nitrogens with zero attached hydrogens (tertiary/aromatic N) is 1. The van der Waals surface area contributed by atoms with E-state index in [4.69, 9.17) is 4.74 Å². The van der Waals surface area contributed by atoms with Gasteiger partial charge in [0.15, 0.2) is 0 Å². The van der Waals surface area contributed by atoms with Crippen molar-refractivity contribution in [3.63, 3.8) is 0 Å². The standard InChI is InChI=1S/C16H28N2O/c1-5-14(12-17-2)13-18(3)11-10-15-6-8-16(19-4)9-7-15/h6-9,14,17H,5,10-13H2,1-4H3. The molecule has 0 aliphatic carbocycles. The summed E-state index contributed by atoms with van der Waals surface area (Å²) in [5, 5.41) is 3.27. The second-order valence-corrected chi connectivity index (χ2v) is 5.19. The zero-order valence-corrected chi connectivity index (χ0v) is 12.8. The Morgan fingerprint density at radius 2 is 1.95 bits per heavy atom. The zero-order chi connectivity index (χ0) is 14.1. The van der Waals surface area contributed by atoms with Crippen molar-refractivity contribution in [1.82, 2.24) is 10.2 Å². The molecule has 1 aromatic carbocycles. The number of benzene rings is 1. The van der Waals surface area contributed by atoms with E-state index in [1.54, 1.807) is 7.11 Å². The van der Waals surface area contributed by atoms with Gasteiger partial charge in [-0.15, -0.1) is 0 Å². The first kappa shape index (κ1) is 16.0. The van der Waals surface area contributed by atoms with Crippen molar-refractivity contribution in [1.29, 1.82) is 0 Å². The van der Waals surface area contributed by atoms with E-state index in [1.807, 2.05) is 19.2 Å². The largest absolute Gasteiger partial charge is 0.497 e. The van der Waals surface area contributed by atoms with Crippen LogP contribution in [0, 0.1) is 5.92 Å². The first-order valence-corrected chi connectivity index (χ1v) is 7.15. The van der Waals surface area contributed by atoms with Crippen molar-refractivity contribution in [2.75, 3.05) is 40.8 Å². The van der Waals surface area contributed by atoms with Gasteiger partial charge in [0.1, 0.15) is 5.75 Å². The van der Waals surface area contributed by atoms with Crippen LogP contribution >= 0.6 is 0 Å². The molecular weight excluding hydrogens is 236 g/mol. The average Bonchev–Trinajstić information content (AvgIpc) is 2.45. The maximum atomic E-state index is 5.17. The van der Waals surface area contributed by atoms with Gasteiger partial charge in [-0.1, -0.05) is 25.5 Å². The molecule has 1 atom stereocenters. The second-order valence-electron chi connectivity index (χ2n) is 5.19. The Morgan fingerprint density at radius 3 is 2.47 bits per heavy atom. The summed E-state index contributed by atoms with van der Waals surface area (Å²) in [6.07, 6.45) is 2.32. The maximum Gasteiger partial charge on any atom is 0.118 e. The fraction of sp³-hybridized carbons (Fsp3) is 0.625. The molecule has 1 rings (SSSR count). The molecule has 0 spiro atoms. The number of hydrogen-bond acceptors (Lipinski definition) is 3. The molecule has 0 aliphatic rings. The van der Waals surface area contributed by atoms with E-state index in [0.29, 0.717) is 0 Å². The number of hydrogen-bond donors (Lipinski definition) is 1. The summed E-state index contributed by atoms with van der Waals surface area (Å²) in [4.78, 5) is 2.43. The van der Waals surface area contributed by atoms with Crippen molar-refractivity contribution in [2.24, 2.45) is 5.92 Å². The molecule has 0 aromatic heterocycles. The molecule has 0 radical (unpaired) electrons. The zero-order valence-electron chi connectivity index (χ0n) is 12.8. The lowest BCUT2D eigenvalue weighted by Crippen LogP contribution is -2.32. The Kier molecular flexibility index (Phi) is 7.53. The SMILES string of the molecule is CCC(CNC)CN(C)CCc1ccc(OC)cc1. The molecule has 1 N–H and O–H groups in total. The third-order valence-corrected chi connectivity index (χ3v) is 3.58. The van der Waals surface area contributed by atoms with Crippen LogP contribution in [0.2, 0.25) is 0 Å². The van der Waals surface area contributed by atoms with E-state index < -0.39 is 0 Å². The summed E-state index contributed by atoms with van der Waals surface area (Å²) in [7, 11) is 5.94. The molecule has 0 heterocycles. The molecule has 1 aromatic rings. The van der Waals surface area contributed by atoms with E-state index in [9.17, 15) is 0 Å². The van der Waals surface area contributed by atoms with Crippen LogP contribution in [0.1, 0.15) is 18.9 Å². The quantitative estimate of drug-likeness (QED) is 0.741. The highest BCUT2D eigenvalue weighted by atomic mass is 16.5. The van der Waals surface area contributed by atoms with Crippen molar-refractivity contribution in [3.05, 3.63) is 29.8 Å². The Hall–Kier alpha value is -1.06.